The highest BCUT2D eigenvalue weighted by Gasteiger charge is 2.18. The summed E-state index contributed by atoms with van der Waals surface area (Å²) in [5.41, 5.74) is 2.66. The van der Waals surface area contributed by atoms with Crippen LogP contribution in [0.25, 0.3) is 0 Å². The lowest BCUT2D eigenvalue weighted by Gasteiger charge is -2.09. The Bertz CT molecular complexity index is 1450. The number of nitrogens with one attached hydrogen (secondary N) is 2. The molecular formula is C23H19ClN6O3S2. The molecule has 2 aromatic heterocycles. The smallest absolute Gasteiger partial charge is 0.275 e. The largest absolute Gasteiger partial charge is 0.321 e. The highest BCUT2D eigenvalue weighted by atomic mass is 35.5. The zero-order chi connectivity index (χ0) is 24.8. The van der Waals surface area contributed by atoms with Crippen molar-refractivity contribution in [1.82, 2.24) is 19.9 Å². The minimum atomic E-state index is -3.89. The van der Waals surface area contributed by atoms with Gasteiger partial charge in [-0.1, -0.05) is 53.2 Å². The maximum absolute atomic E-state index is 12.8. The van der Waals surface area contributed by atoms with Crippen LogP contribution in [-0.4, -0.2) is 34.3 Å². The third kappa shape index (κ3) is 6.53. The fourth-order valence-electron chi connectivity index (χ4n) is 2.97. The average Bonchev–Trinajstić information content (AvgIpc) is 2.84. The van der Waals surface area contributed by atoms with Gasteiger partial charge in [-0.2, -0.15) is 0 Å². The molecule has 178 valence electrons. The van der Waals surface area contributed by atoms with Crippen LogP contribution in [-0.2, 0) is 15.8 Å². The van der Waals surface area contributed by atoms with Crippen molar-refractivity contribution in [2.24, 2.45) is 0 Å². The third-order valence-electron chi connectivity index (χ3n) is 4.60. The van der Waals surface area contributed by atoms with Gasteiger partial charge in [-0.15, -0.1) is 0 Å². The number of anilines is 2. The number of hydrogen-bond donors (Lipinski definition) is 2. The number of aromatic nitrogens is 4. The molecule has 0 bridgehead atoms. The van der Waals surface area contributed by atoms with Gasteiger partial charge in [0, 0.05) is 23.8 Å². The number of sulfonamides is 1. The van der Waals surface area contributed by atoms with E-state index in [2.05, 4.69) is 36.0 Å². The van der Waals surface area contributed by atoms with Gasteiger partial charge in [-0.3, -0.25) is 4.79 Å². The minimum Gasteiger partial charge on any atom is -0.321 e. The van der Waals surface area contributed by atoms with E-state index in [1.807, 2.05) is 25.1 Å². The quantitative estimate of drug-likeness (QED) is 0.252. The van der Waals surface area contributed by atoms with Crippen molar-refractivity contribution >= 4 is 50.9 Å². The molecule has 4 rings (SSSR count). The van der Waals surface area contributed by atoms with E-state index in [1.54, 1.807) is 6.07 Å². The van der Waals surface area contributed by atoms with E-state index in [9.17, 15) is 13.2 Å². The van der Waals surface area contributed by atoms with Crippen LogP contribution < -0.4 is 10.0 Å². The summed E-state index contributed by atoms with van der Waals surface area (Å²) >= 11 is 7.55. The Kier molecular flexibility index (Phi) is 7.59. The number of benzene rings is 2. The Labute approximate surface area is 211 Å². The van der Waals surface area contributed by atoms with Crippen LogP contribution in [0.4, 0.5) is 11.6 Å². The van der Waals surface area contributed by atoms with E-state index in [-0.39, 0.29) is 21.6 Å². The van der Waals surface area contributed by atoms with E-state index in [0.29, 0.717) is 16.6 Å². The molecule has 0 radical (unpaired) electrons. The molecule has 1 amide bonds. The predicted octanol–water partition coefficient (Wildman–Crippen LogP) is 4.57. The summed E-state index contributed by atoms with van der Waals surface area (Å²) < 4.78 is 27.3. The van der Waals surface area contributed by atoms with Gasteiger partial charge in [-0.25, -0.2) is 33.1 Å². The number of nitrogens with zero attached hydrogens (tertiary/aromatic N) is 4. The van der Waals surface area contributed by atoms with E-state index < -0.39 is 15.9 Å². The molecule has 0 spiro atoms. The molecule has 2 heterocycles. The summed E-state index contributed by atoms with van der Waals surface area (Å²) in [5, 5.41) is 3.19. The molecule has 12 heteroatoms. The number of rotatable bonds is 8. The number of amides is 1. The summed E-state index contributed by atoms with van der Waals surface area (Å²) in [7, 11) is -3.89. The first kappa shape index (κ1) is 24.6. The van der Waals surface area contributed by atoms with Crippen LogP contribution in [0.3, 0.4) is 0 Å². The second-order valence-corrected chi connectivity index (χ2v) is 10.3. The standard InChI is InChI=1S/C23H19ClN6O3S2/c1-15-4-2-5-16(12-15)14-34-23-27-13-19(24)20(29-23)21(31)28-17-6-8-18(9-7-17)35(32,33)30-22-25-10-3-11-26-22/h2-13H,14H2,1H3,(H,28,31)(H,25,26,30). The molecule has 2 aromatic carbocycles. The van der Waals surface area contributed by atoms with Gasteiger partial charge in [0.05, 0.1) is 16.1 Å². The van der Waals surface area contributed by atoms with Gasteiger partial charge in [0.25, 0.3) is 15.9 Å². The Morgan fingerprint density at radius 3 is 2.49 bits per heavy atom. The number of carbonyl (C=O) groups excluding carboxylic acids is 1. The SMILES string of the molecule is Cc1cccc(CSc2ncc(Cl)c(C(=O)Nc3ccc(S(=O)(=O)Nc4ncccn4)cc3)n2)c1. The summed E-state index contributed by atoms with van der Waals surface area (Å²) in [6.07, 6.45) is 4.23. The van der Waals surface area contributed by atoms with Crippen LogP contribution in [0.2, 0.25) is 5.02 Å². The molecule has 4 aromatic rings. The van der Waals surface area contributed by atoms with E-state index in [1.165, 1.54) is 54.6 Å². The zero-order valence-corrected chi connectivity index (χ0v) is 20.7. The minimum absolute atomic E-state index is 0.0159. The van der Waals surface area contributed by atoms with Crippen molar-refractivity contribution in [2.45, 2.75) is 22.7 Å². The Hall–Kier alpha value is -3.54. The van der Waals surface area contributed by atoms with Gasteiger partial charge < -0.3 is 5.32 Å². The molecule has 0 saturated heterocycles. The molecule has 2 N–H and O–H groups in total. The first-order valence-corrected chi connectivity index (χ1v) is 13.1. The maximum atomic E-state index is 12.8. The second kappa shape index (κ2) is 10.8. The lowest BCUT2D eigenvalue weighted by molar-refractivity contribution is 0.102. The number of halogens is 1. The summed E-state index contributed by atoms with van der Waals surface area (Å²) in [4.78, 5) is 29.0. The average molecular weight is 527 g/mol. The van der Waals surface area contributed by atoms with Gasteiger partial charge in [0.1, 0.15) is 0 Å². The Morgan fingerprint density at radius 2 is 1.77 bits per heavy atom. The van der Waals surface area contributed by atoms with Gasteiger partial charge in [0.2, 0.25) is 5.95 Å². The number of carbonyl (C=O) groups is 1. The van der Waals surface area contributed by atoms with Gasteiger partial charge in [-0.05, 0) is 42.8 Å². The maximum Gasteiger partial charge on any atom is 0.275 e. The molecule has 0 fully saturated rings. The fourth-order valence-corrected chi connectivity index (χ4v) is 4.86. The van der Waals surface area contributed by atoms with Crippen molar-refractivity contribution in [3.8, 4) is 0 Å². The zero-order valence-electron chi connectivity index (χ0n) is 18.3. The van der Waals surface area contributed by atoms with Crippen LogP contribution in [0.1, 0.15) is 21.6 Å². The first-order chi connectivity index (χ1) is 16.8. The molecule has 0 aliphatic rings. The molecule has 0 atom stereocenters. The van der Waals surface area contributed by atoms with Crippen molar-refractivity contribution in [1.29, 1.82) is 0 Å². The van der Waals surface area contributed by atoms with E-state index >= 15 is 0 Å². The molecule has 9 nitrogen and oxygen atoms in total. The van der Waals surface area contributed by atoms with Crippen LogP contribution in [0.15, 0.2) is 83.2 Å². The number of aryl methyl sites for hydroxylation is 1. The van der Waals surface area contributed by atoms with E-state index in [4.69, 9.17) is 11.6 Å². The summed E-state index contributed by atoms with van der Waals surface area (Å²) in [6.45, 7) is 2.02. The molecule has 0 saturated carbocycles. The summed E-state index contributed by atoms with van der Waals surface area (Å²) in [5.74, 6) is 0.0584. The predicted molar refractivity (Wildman–Crippen MR) is 135 cm³/mol. The number of thioether (sulfide) groups is 1. The molecule has 35 heavy (non-hydrogen) atoms. The van der Waals surface area contributed by atoms with E-state index in [0.717, 1.165) is 11.1 Å². The first-order valence-electron chi connectivity index (χ1n) is 10.2. The normalized spacial score (nSPS) is 11.1. The summed E-state index contributed by atoms with van der Waals surface area (Å²) in [6, 6.07) is 15.3. The Morgan fingerprint density at radius 1 is 1.03 bits per heavy atom. The third-order valence-corrected chi connectivity index (χ3v) is 7.15. The second-order valence-electron chi connectivity index (χ2n) is 7.28. The monoisotopic (exact) mass is 526 g/mol. The van der Waals surface area contributed by atoms with Crippen LogP contribution in [0, 0.1) is 6.92 Å². The van der Waals surface area contributed by atoms with Crippen molar-refractivity contribution in [2.75, 3.05) is 10.0 Å². The van der Waals surface area contributed by atoms with Gasteiger partial charge >= 0.3 is 0 Å². The highest BCUT2D eigenvalue weighted by Crippen LogP contribution is 2.23. The molecule has 0 aliphatic carbocycles. The molecular weight excluding hydrogens is 508 g/mol. The molecule has 0 unspecified atom stereocenters. The molecule has 0 aliphatic heterocycles. The van der Waals surface area contributed by atoms with Crippen molar-refractivity contribution in [3.63, 3.8) is 0 Å². The Balaban J connectivity index is 1.43. The van der Waals surface area contributed by atoms with Crippen LogP contribution >= 0.6 is 23.4 Å². The van der Waals surface area contributed by atoms with Crippen molar-refractivity contribution < 1.29 is 13.2 Å². The highest BCUT2D eigenvalue weighted by molar-refractivity contribution is 7.98. The van der Waals surface area contributed by atoms with Crippen molar-refractivity contribution in [3.05, 3.63) is 95.0 Å². The lowest BCUT2D eigenvalue weighted by Crippen LogP contribution is -2.16. The number of hydrogen-bond acceptors (Lipinski definition) is 8. The van der Waals surface area contributed by atoms with Crippen LogP contribution in [0.5, 0.6) is 0 Å². The topological polar surface area (TPSA) is 127 Å². The fraction of sp³-hybridized carbons (Fsp3) is 0.0870. The lowest BCUT2D eigenvalue weighted by atomic mass is 10.2. The van der Waals surface area contributed by atoms with Gasteiger partial charge in [0.15, 0.2) is 10.9 Å².